The molecule has 2 aromatic rings. The van der Waals surface area contributed by atoms with Crippen LogP contribution in [-0.4, -0.2) is 7.05 Å². The second-order valence-electron chi connectivity index (χ2n) is 4.41. The Balaban J connectivity index is 2.40. The molecule has 1 aromatic heterocycles. The van der Waals surface area contributed by atoms with Crippen LogP contribution in [0.3, 0.4) is 0 Å². The lowest BCUT2D eigenvalue weighted by Crippen LogP contribution is -2.23. The summed E-state index contributed by atoms with van der Waals surface area (Å²) in [6.07, 6.45) is -4.11. The molecule has 0 bridgehead atoms. The SMILES string of the molecule is CNC(Cc1ccsc1)c1cc(F)ccc1C(F)(F)F. The van der Waals surface area contributed by atoms with Gasteiger partial charge in [-0.25, -0.2) is 4.39 Å². The van der Waals surface area contributed by atoms with Crippen molar-refractivity contribution >= 4 is 11.3 Å². The molecule has 1 unspecified atom stereocenters. The van der Waals surface area contributed by atoms with Crippen LogP contribution in [0.15, 0.2) is 35.0 Å². The number of rotatable bonds is 4. The summed E-state index contributed by atoms with van der Waals surface area (Å²) in [4.78, 5) is 0. The van der Waals surface area contributed by atoms with E-state index in [0.717, 1.165) is 23.8 Å². The van der Waals surface area contributed by atoms with E-state index in [2.05, 4.69) is 5.32 Å². The number of alkyl halides is 3. The van der Waals surface area contributed by atoms with E-state index >= 15 is 0 Å². The molecule has 1 nitrogen and oxygen atoms in total. The molecule has 0 aliphatic carbocycles. The van der Waals surface area contributed by atoms with Crippen molar-refractivity contribution in [3.05, 3.63) is 57.5 Å². The number of benzene rings is 1. The summed E-state index contributed by atoms with van der Waals surface area (Å²) >= 11 is 1.48. The molecule has 1 N–H and O–H groups in total. The predicted octanol–water partition coefficient (Wildman–Crippen LogP) is 4.41. The number of halogens is 4. The molecular weight excluding hydrogens is 290 g/mol. The van der Waals surface area contributed by atoms with Gasteiger partial charge in [0.15, 0.2) is 0 Å². The molecule has 20 heavy (non-hydrogen) atoms. The summed E-state index contributed by atoms with van der Waals surface area (Å²) in [5.74, 6) is -0.668. The molecule has 2 rings (SSSR count). The van der Waals surface area contributed by atoms with E-state index in [-0.39, 0.29) is 5.56 Å². The Morgan fingerprint density at radius 2 is 2.00 bits per heavy atom. The van der Waals surface area contributed by atoms with E-state index in [1.54, 1.807) is 7.05 Å². The van der Waals surface area contributed by atoms with E-state index in [9.17, 15) is 17.6 Å². The second-order valence-corrected chi connectivity index (χ2v) is 5.19. The standard InChI is InChI=1S/C14H13F4NS/c1-19-13(6-9-4-5-20-8-9)11-7-10(15)2-3-12(11)14(16,17)18/h2-5,7-8,13,19H,6H2,1H3. The van der Waals surface area contributed by atoms with Crippen molar-refractivity contribution in [2.24, 2.45) is 0 Å². The molecule has 0 spiro atoms. The summed E-state index contributed by atoms with van der Waals surface area (Å²) < 4.78 is 52.3. The van der Waals surface area contributed by atoms with Gasteiger partial charge in [-0.05, 0) is 59.6 Å². The third-order valence-corrected chi connectivity index (χ3v) is 3.79. The molecular formula is C14H13F4NS. The van der Waals surface area contributed by atoms with Crippen LogP contribution < -0.4 is 5.32 Å². The fourth-order valence-electron chi connectivity index (χ4n) is 2.09. The monoisotopic (exact) mass is 303 g/mol. The number of hydrogen-bond acceptors (Lipinski definition) is 2. The van der Waals surface area contributed by atoms with Crippen LogP contribution in [0.2, 0.25) is 0 Å². The Hall–Kier alpha value is -1.40. The minimum Gasteiger partial charge on any atom is -0.313 e. The van der Waals surface area contributed by atoms with Crippen molar-refractivity contribution in [3.8, 4) is 0 Å². The third kappa shape index (κ3) is 3.37. The summed E-state index contributed by atoms with van der Waals surface area (Å²) in [5, 5.41) is 6.57. The van der Waals surface area contributed by atoms with Crippen LogP contribution in [0.1, 0.15) is 22.7 Å². The van der Waals surface area contributed by atoms with Crippen LogP contribution in [-0.2, 0) is 12.6 Å². The van der Waals surface area contributed by atoms with Crippen LogP contribution in [0.4, 0.5) is 17.6 Å². The van der Waals surface area contributed by atoms with Gasteiger partial charge in [-0.1, -0.05) is 0 Å². The lowest BCUT2D eigenvalue weighted by atomic mass is 9.95. The van der Waals surface area contributed by atoms with E-state index in [0.29, 0.717) is 6.42 Å². The van der Waals surface area contributed by atoms with Gasteiger partial charge in [-0.3, -0.25) is 0 Å². The Kier molecular flexibility index (Phi) is 4.45. The first kappa shape index (κ1) is 15.0. The van der Waals surface area contributed by atoms with Gasteiger partial charge >= 0.3 is 6.18 Å². The lowest BCUT2D eigenvalue weighted by molar-refractivity contribution is -0.138. The molecule has 6 heteroatoms. The maximum atomic E-state index is 13.3. The van der Waals surface area contributed by atoms with Crippen LogP contribution in [0.25, 0.3) is 0 Å². The van der Waals surface area contributed by atoms with Crippen LogP contribution in [0, 0.1) is 5.82 Å². The zero-order valence-electron chi connectivity index (χ0n) is 10.7. The summed E-state index contributed by atoms with van der Waals surface area (Å²) in [5.41, 5.74) is 0.0615. The van der Waals surface area contributed by atoms with Gasteiger partial charge in [0.1, 0.15) is 5.82 Å². The molecule has 1 heterocycles. The van der Waals surface area contributed by atoms with Crippen molar-refractivity contribution < 1.29 is 17.6 Å². The number of thiophene rings is 1. The van der Waals surface area contributed by atoms with Crippen molar-refractivity contribution in [2.75, 3.05) is 7.05 Å². The highest BCUT2D eigenvalue weighted by molar-refractivity contribution is 7.07. The van der Waals surface area contributed by atoms with Gasteiger partial charge in [-0.15, -0.1) is 0 Å². The first-order valence-electron chi connectivity index (χ1n) is 5.97. The Labute approximate surface area is 118 Å². The maximum Gasteiger partial charge on any atom is 0.416 e. The smallest absolute Gasteiger partial charge is 0.313 e. The van der Waals surface area contributed by atoms with E-state index < -0.39 is 23.6 Å². The highest BCUT2D eigenvalue weighted by Gasteiger charge is 2.35. The Morgan fingerprint density at radius 3 is 2.55 bits per heavy atom. The number of hydrogen-bond donors (Lipinski definition) is 1. The van der Waals surface area contributed by atoms with Crippen molar-refractivity contribution in [1.82, 2.24) is 5.32 Å². The largest absolute Gasteiger partial charge is 0.416 e. The number of nitrogens with one attached hydrogen (secondary N) is 1. The zero-order chi connectivity index (χ0) is 14.8. The summed E-state index contributed by atoms with van der Waals surface area (Å²) in [6.45, 7) is 0. The third-order valence-electron chi connectivity index (χ3n) is 3.06. The molecule has 1 atom stereocenters. The Morgan fingerprint density at radius 1 is 1.25 bits per heavy atom. The van der Waals surface area contributed by atoms with Crippen molar-refractivity contribution in [3.63, 3.8) is 0 Å². The molecule has 0 aliphatic rings. The maximum absolute atomic E-state index is 13.3. The quantitative estimate of drug-likeness (QED) is 0.825. The van der Waals surface area contributed by atoms with Gasteiger partial charge in [-0.2, -0.15) is 24.5 Å². The van der Waals surface area contributed by atoms with E-state index in [1.165, 1.54) is 11.3 Å². The van der Waals surface area contributed by atoms with Gasteiger partial charge in [0.25, 0.3) is 0 Å². The Bertz CT molecular complexity index is 563. The van der Waals surface area contributed by atoms with Crippen LogP contribution >= 0.6 is 11.3 Å². The molecule has 0 aliphatic heterocycles. The summed E-state index contributed by atoms with van der Waals surface area (Å²) in [6, 6.07) is 3.85. The number of likely N-dealkylation sites (N-methyl/N-ethyl adjacent to an activating group) is 1. The summed E-state index contributed by atoms with van der Waals surface area (Å²) in [7, 11) is 1.57. The molecule has 0 fully saturated rings. The molecule has 0 saturated carbocycles. The molecule has 1 aromatic carbocycles. The normalized spacial score (nSPS) is 13.4. The predicted molar refractivity (Wildman–Crippen MR) is 71.2 cm³/mol. The van der Waals surface area contributed by atoms with E-state index in [4.69, 9.17) is 0 Å². The van der Waals surface area contributed by atoms with Crippen molar-refractivity contribution in [1.29, 1.82) is 0 Å². The molecule has 0 amide bonds. The van der Waals surface area contributed by atoms with Crippen molar-refractivity contribution in [2.45, 2.75) is 18.6 Å². The van der Waals surface area contributed by atoms with Gasteiger partial charge in [0.05, 0.1) is 5.56 Å². The minimum atomic E-state index is -4.49. The lowest BCUT2D eigenvalue weighted by Gasteiger charge is -2.21. The van der Waals surface area contributed by atoms with Crippen LogP contribution in [0.5, 0.6) is 0 Å². The molecule has 0 radical (unpaired) electrons. The van der Waals surface area contributed by atoms with Gasteiger partial charge in [0.2, 0.25) is 0 Å². The first-order valence-corrected chi connectivity index (χ1v) is 6.91. The van der Waals surface area contributed by atoms with E-state index in [1.807, 2.05) is 16.8 Å². The minimum absolute atomic E-state index is 0.0637. The highest BCUT2D eigenvalue weighted by atomic mass is 32.1. The fraction of sp³-hybridized carbons (Fsp3) is 0.286. The zero-order valence-corrected chi connectivity index (χ0v) is 11.5. The highest BCUT2D eigenvalue weighted by Crippen LogP contribution is 2.36. The fourth-order valence-corrected chi connectivity index (χ4v) is 2.77. The van der Waals surface area contributed by atoms with Gasteiger partial charge < -0.3 is 5.32 Å². The molecule has 108 valence electrons. The van der Waals surface area contributed by atoms with Gasteiger partial charge in [0, 0.05) is 6.04 Å². The molecule has 0 saturated heterocycles. The topological polar surface area (TPSA) is 12.0 Å². The average molecular weight is 303 g/mol. The second kappa shape index (κ2) is 5.93. The average Bonchev–Trinajstić information content (AvgIpc) is 2.87. The first-order chi connectivity index (χ1) is 9.41.